The summed E-state index contributed by atoms with van der Waals surface area (Å²) in [4.78, 5) is 12.9. The van der Waals surface area contributed by atoms with Gasteiger partial charge in [-0.2, -0.15) is 0 Å². The molecule has 2 aliphatic carbocycles. The van der Waals surface area contributed by atoms with Crippen LogP contribution in [0, 0.1) is 28.6 Å². The molecule has 5 heteroatoms. The third-order valence-electron chi connectivity index (χ3n) is 12.0. The van der Waals surface area contributed by atoms with Gasteiger partial charge in [-0.05, 0) is 96.8 Å². The van der Waals surface area contributed by atoms with Crippen molar-refractivity contribution in [2.24, 2.45) is 28.6 Å². The van der Waals surface area contributed by atoms with Gasteiger partial charge < -0.3 is 19.3 Å². The number of hydrogen-bond donors (Lipinski definition) is 1. The summed E-state index contributed by atoms with van der Waals surface area (Å²) in [5.41, 5.74) is -2.35. The number of Topliss-reactive ketones (excluding diaryl/α,β-unsaturated/α-hetero) is 1. The minimum atomic E-state index is -0.856. The van der Waals surface area contributed by atoms with E-state index in [0.717, 1.165) is 51.4 Å². The fourth-order valence-electron chi connectivity index (χ4n) is 9.25. The van der Waals surface area contributed by atoms with Gasteiger partial charge in [0.25, 0.3) is 0 Å². The average Bonchev–Trinajstić information content (AvgIpc) is 2.95. The number of fused-ring (bicyclic) bond motifs is 2. The second kappa shape index (κ2) is 8.01. The van der Waals surface area contributed by atoms with Crippen molar-refractivity contribution >= 4 is 5.78 Å². The van der Waals surface area contributed by atoms with E-state index in [4.69, 9.17) is 14.2 Å². The first-order chi connectivity index (χ1) is 16.1. The van der Waals surface area contributed by atoms with Crippen LogP contribution in [0.25, 0.3) is 0 Å². The largest absolute Gasteiger partial charge is 0.389 e. The van der Waals surface area contributed by atoms with Gasteiger partial charge in [0.2, 0.25) is 0 Å². The van der Waals surface area contributed by atoms with Crippen LogP contribution in [0.15, 0.2) is 0 Å². The van der Waals surface area contributed by atoms with E-state index < -0.39 is 22.4 Å². The minimum Gasteiger partial charge on any atom is -0.389 e. The zero-order chi connectivity index (χ0) is 25.7. The van der Waals surface area contributed by atoms with E-state index in [0.29, 0.717) is 24.7 Å². The molecule has 9 atom stereocenters. The van der Waals surface area contributed by atoms with E-state index in [-0.39, 0.29) is 34.9 Å². The number of rotatable bonds is 3. The standard InChI is InChI=1S/C30H50O5/c1-19-11-18-30-27(7,16-14-23(34-30)26(5,6)35-30)21(19)12-17-29(32)20(2)9-10-24-28(29,8)15-13-22(31)25(3,4)33-24/h19-21,23-24,32H,9-18H2,1-8H3/t19-,20+,21-,23?,24+,27+,28-,29+,30-/m1/s1. The Kier molecular flexibility index (Phi) is 5.98. The minimum absolute atomic E-state index is 0.0541. The molecule has 3 heterocycles. The Hall–Kier alpha value is -0.490. The Morgan fingerprint density at radius 1 is 0.857 bits per heavy atom. The van der Waals surface area contributed by atoms with Crippen LogP contribution in [0.3, 0.4) is 0 Å². The molecular formula is C30H50O5. The Balaban J connectivity index is 1.43. The smallest absolute Gasteiger partial charge is 0.175 e. The molecule has 5 aliphatic rings. The molecule has 35 heavy (non-hydrogen) atoms. The normalized spacial score (nSPS) is 52.9. The Bertz CT molecular complexity index is 867. The molecule has 3 saturated heterocycles. The number of carbonyl (C=O) groups excluding carboxylic acids is 1. The van der Waals surface area contributed by atoms with Crippen molar-refractivity contribution in [3.8, 4) is 0 Å². The predicted molar refractivity (Wildman–Crippen MR) is 136 cm³/mol. The number of ketones is 1. The van der Waals surface area contributed by atoms with Gasteiger partial charge in [0.05, 0.1) is 23.4 Å². The van der Waals surface area contributed by atoms with Crippen molar-refractivity contribution in [3.63, 3.8) is 0 Å². The number of hydrogen-bond acceptors (Lipinski definition) is 5. The Morgan fingerprint density at radius 3 is 2.29 bits per heavy atom. The van der Waals surface area contributed by atoms with E-state index in [1.807, 2.05) is 13.8 Å². The molecule has 1 unspecified atom stereocenters. The summed E-state index contributed by atoms with van der Waals surface area (Å²) in [6.07, 6.45) is 9.04. The van der Waals surface area contributed by atoms with Crippen LogP contribution >= 0.6 is 0 Å². The molecule has 0 amide bonds. The zero-order valence-corrected chi connectivity index (χ0v) is 23.5. The lowest BCUT2D eigenvalue weighted by Crippen LogP contribution is -2.62. The lowest BCUT2D eigenvalue weighted by atomic mass is 9.52. The summed E-state index contributed by atoms with van der Waals surface area (Å²) < 4.78 is 20.0. The Labute approximate surface area is 213 Å². The average molecular weight is 491 g/mol. The molecule has 5 fully saturated rings. The summed E-state index contributed by atoms with van der Waals surface area (Å²) in [7, 11) is 0. The van der Waals surface area contributed by atoms with E-state index in [1.165, 1.54) is 0 Å². The first kappa shape index (κ1) is 26.1. The van der Waals surface area contributed by atoms with Gasteiger partial charge in [-0.3, -0.25) is 4.79 Å². The molecule has 5 nitrogen and oxygen atoms in total. The molecule has 3 aliphatic heterocycles. The topological polar surface area (TPSA) is 65.0 Å². The molecule has 5 rings (SSSR count). The highest BCUT2D eigenvalue weighted by Gasteiger charge is 2.68. The quantitative estimate of drug-likeness (QED) is 0.510. The molecule has 0 aromatic rings. The summed E-state index contributed by atoms with van der Waals surface area (Å²) in [5.74, 6) is 0.837. The second-order valence-corrected chi connectivity index (χ2v) is 14.5. The van der Waals surface area contributed by atoms with Gasteiger partial charge >= 0.3 is 0 Å². The van der Waals surface area contributed by atoms with Crippen LogP contribution in [0.5, 0.6) is 0 Å². The summed E-state index contributed by atoms with van der Waals surface area (Å²) in [6, 6.07) is 0. The molecule has 1 N–H and O–H groups in total. The predicted octanol–water partition coefficient (Wildman–Crippen LogP) is 6.20. The highest BCUT2D eigenvalue weighted by molar-refractivity contribution is 5.86. The number of aliphatic hydroxyl groups is 1. The fourth-order valence-corrected chi connectivity index (χ4v) is 9.25. The second-order valence-electron chi connectivity index (χ2n) is 14.5. The first-order valence-corrected chi connectivity index (χ1v) is 14.4. The summed E-state index contributed by atoms with van der Waals surface area (Å²) >= 11 is 0. The summed E-state index contributed by atoms with van der Waals surface area (Å²) in [6.45, 7) is 17.4. The SMILES string of the molecule is C[C@@H]1CC[C@]23OC(CC[C@@]2(C)[C@@H]1CC[C@]1(O)[C@@H](C)CC[C@@H]2OC(C)(C)C(=O)CC[C@]21C)C(C)(C)O3. The van der Waals surface area contributed by atoms with Gasteiger partial charge in [0.1, 0.15) is 5.60 Å². The molecule has 0 aromatic heterocycles. The van der Waals surface area contributed by atoms with Gasteiger partial charge in [-0.25, -0.2) is 0 Å². The molecule has 1 spiro atoms. The van der Waals surface area contributed by atoms with Crippen molar-refractivity contribution in [3.05, 3.63) is 0 Å². The van der Waals surface area contributed by atoms with Gasteiger partial charge in [-0.15, -0.1) is 0 Å². The Morgan fingerprint density at radius 2 is 1.57 bits per heavy atom. The monoisotopic (exact) mass is 490 g/mol. The maximum atomic E-state index is 12.9. The molecule has 2 saturated carbocycles. The third-order valence-corrected chi connectivity index (χ3v) is 12.0. The first-order valence-electron chi connectivity index (χ1n) is 14.4. The maximum Gasteiger partial charge on any atom is 0.175 e. The number of carbonyl (C=O) groups is 1. The lowest BCUT2D eigenvalue weighted by Gasteiger charge is -2.59. The van der Waals surface area contributed by atoms with E-state index in [9.17, 15) is 9.90 Å². The van der Waals surface area contributed by atoms with Gasteiger partial charge in [-0.1, -0.05) is 27.7 Å². The van der Waals surface area contributed by atoms with E-state index in [2.05, 4.69) is 41.5 Å². The highest BCUT2D eigenvalue weighted by Crippen LogP contribution is 2.65. The zero-order valence-electron chi connectivity index (χ0n) is 23.5. The molecule has 200 valence electrons. The van der Waals surface area contributed by atoms with E-state index in [1.54, 1.807) is 0 Å². The third kappa shape index (κ3) is 3.57. The lowest BCUT2D eigenvalue weighted by molar-refractivity contribution is -0.310. The van der Waals surface area contributed by atoms with Gasteiger partial charge in [0, 0.05) is 23.7 Å². The molecule has 0 radical (unpaired) electrons. The maximum absolute atomic E-state index is 12.9. The van der Waals surface area contributed by atoms with Crippen LogP contribution in [-0.2, 0) is 19.0 Å². The van der Waals surface area contributed by atoms with Crippen molar-refractivity contribution in [1.29, 1.82) is 0 Å². The van der Waals surface area contributed by atoms with Crippen LogP contribution in [0.1, 0.15) is 120 Å². The van der Waals surface area contributed by atoms with Crippen molar-refractivity contribution in [2.45, 2.75) is 154 Å². The molecule has 0 aromatic carbocycles. The van der Waals surface area contributed by atoms with Crippen LogP contribution in [-0.4, -0.2) is 45.7 Å². The van der Waals surface area contributed by atoms with Crippen molar-refractivity contribution in [1.82, 2.24) is 0 Å². The van der Waals surface area contributed by atoms with Crippen LogP contribution in [0.4, 0.5) is 0 Å². The van der Waals surface area contributed by atoms with Crippen molar-refractivity contribution in [2.75, 3.05) is 0 Å². The number of ether oxygens (including phenoxy) is 3. The van der Waals surface area contributed by atoms with Gasteiger partial charge in [0.15, 0.2) is 11.6 Å². The molecule has 2 bridgehead atoms. The van der Waals surface area contributed by atoms with Crippen LogP contribution in [0.2, 0.25) is 0 Å². The van der Waals surface area contributed by atoms with E-state index >= 15 is 0 Å². The fraction of sp³-hybridized carbons (Fsp3) is 0.967. The molecular weight excluding hydrogens is 440 g/mol. The summed E-state index contributed by atoms with van der Waals surface area (Å²) in [5, 5.41) is 12.5. The highest BCUT2D eigenvalue weighted by atomic mass is 16.8. The van der Waals surface area contributed by atoms with Crippen LogP contribution < -0.4 is 0 Å². The van der Waals surface area contributed by atoms with Crippen molar-refractivity contribution < 1.29 is 24.1 Å².